The summed E-state index contributed by atoms with van der Waals surface area (Å²) in [5.74, 6) is 7.58. The molecule has 1 nitrogen and oxygen atoms in total. The Kier molecular flexibility index (Phi) is 12.4. The first-order valence-corrected chi connectivity index (χ1v) is 14.8. The Balaban J connectivity index is 2.47. The molecular weight excluding hydrogens is 386 g/mol. The fourth-order valence-corrected chi connectivity index (χ4v) is 8.20. The molecule has 0 aromatic heterocycles. The predicted molar refractivity (Wildman–Crippen MR) is 144 cm³/mol. The Bertz CT molecular complexity index is 525. The lowest BCUT2D eigenvalue weighted by atomic mass is 9.49. The maximum absolute atomic E-state index is 4.02. The SMILES string of the molecule is CC=CC1C(CCC)C(C(C)C(C)CCCCC)C(C2CCCCC2C)C(C)C1NCC. The molecule has 0 bridgehead atoms. The lowest BCUT2D eigenvalue weighted by molar-refractivity contribution is -0.0651. The smallest absolute Gasteiger partial charge is 0.0161 e. The van der Waals surface area contributed by atoms with Crippen LogP contribution in [-0.4, -0.2) is 12.6 Å². The number of nitrogens with one attached hydrogen (secondary N) is 1. The van der Waals surface area contributed by atoms with Crippen LogP contribution in [0.3, 0.4) is 0 Å². The molecule has 2 rings (SSSR count). The Morgan fingerprint density at radius 2 is 1.69 bits per heavy atom. The van der Waals surface area contributed by atoms with Gasteiger partial charge in [0.05, 0.1) is 0 Å². The topological polar surface area (TPSA) is 12.0 Å². The Hall–Kier alpha value is -0.300. The molecule has 1 N–H and O–H groups in total. The highest BCUT2D eigenvalue weighted by Gasteiger charge is 2.52. The van der Waals surface area contributed by atoms with E-state index in [4.69, 9.17) is 0 Å². The first-order chi connectivity index (χ1) is 15.4. The van der Waals surface area contributed by atoms with Gasteiger partial charge >= 0.3 is 0 Å². The average Bonchev–Trinajstić information content (AvgIpc) is 2.78. The van der Waals surface area contributed by atoms with Gasteiger partial charge in [-0.1, -0.05) is 112 Å². The quantitative estimate of drug-likeness (QED) is 0.233. The van der Waals surface area contributed by atoms with Gasteiger partial charge in [0.2, 0.25) is 0 Å². The van der Waals surface area contributed by atoms with Gasteiger partial charge in [0, 0.05) is 6.04 Å². The van der Waals surface area contributed by atoms with E-state index >= 15 is 0 Å². The minimum Gasteiger partial charge on any atom is -0.313 e. The van der Waals surface area contributed by atoms with E-state index in [1.54, 1.807) is 0 Å². The van der Waals surface area contributed by atoms with Crippen LogP contribution in [0.2, 0.25) is 0 Å². The van der Waals surface area contributed by atoms with Gasteiger partial charge in [0.15, 0.2) is 0 Å². The molecule has 2 aliphatic carbocycles. The van der Waals surface area contributed by atoms with Gasteiger partial charge in [-0.3, -0.25) is 0 Å². The highest BCUT2D eigenvalue weighted by atomic mass is 14.9. The van der Waals surface area contributed by atoms with Crippen molar-refractivity contribution in [3.05, 3.63) is 12.2 Å². The molecule has 0 aliphatic heterocycles. The van der Waals surface area contributed by atoms with Crippen molar-refractivity contribution in [2.75, 3.05) is 6.54 Å². The van der Waals surface area contributed by atoms with Crippen LogP contribution >= 0.6 is 0 Å². The number of allylic oxidation sites excluding steroid dienone is 1. The molecule has 10 unspecified atom stereocenters. The Morgan fingerprint density at radius 3 is 2.28 bits per heavy atom. The van der Waals surface area contributed by atoms with E-state index in [2.05, 4.69) is 72.9 Å². The minimum absolute atomic E-state index is 0.644. The molecule has 0 radical (unpaired) electrons. The van der Waals surface area contributed by atoms with E-state index in [0.29, 0.717) is 12.0 Å². The molecule has 32 heavy (non-hydrogen) atoms. The summed E-state index contributed by atoms with van der Waals surface area (Å²) < 4.78 is 0. The van der Waals surface area contributed by atoms with Crippen LogP contribution in [0.4, 0.5) is 0 Å². The monoisotopic (exact) mass is 445 g/mol. The number of hydrogen-bond donors (Lipinski definition) is 1. The van der Waals surface area contributed by atoms with Gasteiger partial charge in [-0.2, -0.15) is 0 Å². The summed E-state index contributed by atoms with van der Waals surface area (Å²) in [5, 5.41) is 4.02. The Morgan fingerprint density at radius 1 is 0.969 bits per heavy atom. The summed E-state index contributed by atoms with van der Waals surface area (Å²) in [7, 11) is 0. The molecule has 2 aliphatic rings. The summed E-state index contributed by atoms with van der Waals surface area (Å²) in [4.78, 5) is 0. The summed E-state index contributed by atoms with van der Waals surface area (Å²) in [6.45, 7) is 20.9. The molecule has 2 fully saturated rings. The molecule has 0 aromatic carbocycles. The zero-order valence-corrected chi connectivity index (χ0v) is 23.2. The second-order valence-electron chi connectivity index (χ2n) is 11.9. The van der Waals surface area contributed by atoms with Crippen molar-refractivity contribution in [2.45, 2.75) is 126 Å². The molecule has 1 heteroatoms. The standard InChI is InChI=1S/C31H59N/c1-9-13-14-19-22(5)24(7)29-27(17-10-2)28(18-11-3)31(32-12-4)25(8)30(29)26-21-16-15-20-23(26)6/h11,18,22-32H,9-10,12-17,19-21H2,1-8H3. The second kappa shape index (κ2) is 14.2. The molecule has 2 saturated carbocycles. The van der Waals surface area contributed by atoms with Crippen molar-refractivity contribution in [3.63, 3.8) is 0 Å². The maximum atomic E-state index is 4.02. The van der Waals surface area contributed by atoms with Crippen molar-refractivity contribution in [1.29, 1.82) is 0 Å². The molecule has 0 heterocycles. The summed E-state index contributed by atoms with van der Waals surface area (Å²) in [6.07, 6.45) is 19.2. The fraction of sp³-hybridized carbons (Fsp3) is 0.935. The minimum atomic E-state index is 0.644. The molecule has 0 amide bonds. The summed E-state index contributed by atoms with van der Waals surface area (Å²) in [6, 6.07) is 0.644. The molecule has 10 atom stereocenters. The lowest BCUT2D eigenvalue weighted by Gasteiger charge is -2.57. The third-order valence-corrected chi connectivity index (χ3v) is 9.94. The molecule has 0 spiro atoms. The van der Waals surface area contributed by atoms with Gasteiger partial charge < -0.3 is 5.32 Å². The number of unbranched alkanes of at least 4 members (excludes halogenated alkanes) is 2. The van der Waals surface area contributed by atoms with Gasteiger partial charge in [-0.05, 0) is 79.6 Å². The van der Waals surface area contributed by atoms with Gasteiger partial charge in [-0.15, -0.1) is 0 Å². The second-order valence-corrected chi connectivity index (χ2v) is 11.9. The van der Waals surface area contributed by atoms with Crippen molar-refractivity contribution in [1.82, 2.24) is 5.32 Å². The number of hydrogen-bond acceptors (Lipinski definition) is 1. The van der Waals surface area contributed by atoms with Crippen LogP contribution in [-0.2, 0) is 0 Å². The maximum Gasteiger partial charge on any atom is 0.0161 e. The highest BCUT2D eigenvalue weighted by molar-refractivity contribution is 5.08. The van der Waals surface area contributed by atoms with E-state index < -0.39 is 0 Å². The van der Waals surface area contributed by atoms with Crippen molar-refractivity contribution in [2.24, 2.45) is 53.3 Å². The average molecular weight is 446 g/mol. The first kappa shape index (κ1) is 27.9. The van der Waals surface area contributed by atoms with E-state index in [1.807, 2.05) is 0 Å². The van der Waals surface area contributed by atoms with E-state index in [1.165, 1.54) is 64.2 Å². The molecule has 0 aromatic rings. The predicted octanol–water partition coefficient (Wildman–Crippen LogP) is 9.13. The zero-order valence-electron chi connectivity index (χ0n) is 23.2. The van der Waals surface area contributed by atoms with Gasteiger partial charge in [0.25, 0.3) is 0 Å². The van der Waals surface area contributed by atoms with Crippen molar-refractivity contribution in [3.8, 4) is 0 Å². The van der Waals surface area contributed by atoms with Crippen LogP contribution in [0.15, 0.2) is 12.2 Å². The first-order valence-electron chi connectivity index (χ1n) is 14.8. The van der Waals surface area contributed by atoms with Gasteiger partial charge in [0.1, 0.15) is 0 Å². The fourth-order valence-electron chi connectivity index (χ4n) is 8.20. The van der Waals surface area contributed by atoms with Crippen LogP contribution in [0, 0.1) is 53.3 Å². The summed E-state index contributed by atoms with van der Waals surface area (Å²) >= 11 is 0. The summed E-state index contributed by atoms with van der Waals surface area (Å²) in [5.41, 5.74) is 0. The molecule has 188 valence electrons. The largest absolute Gasteiger partial charge is 0.313 e. The third kappa shape index (κ3) is 6.64. The van der Waals surface area contributed by atoms with E-state index in [9.17, 15) is 0 Å². The third-order valence-electron chi connectivity index (χ3n) is 9.94. The Labute approximate surface area is 203 Å². The zero-order chi connectivity index (χ0) is 23.7. The van der Waals surface area contributed by atoms with Crippen molar-refractivity contribution < 1.29 is 0 Å². The van der Waals surface area contributed by atoms with Gasteiger partial charge in [-0.25, -0.2) is 0 Å². The number of rotatable bonds is 12. The van der Waals surface area contributed by atoms with E-state index in [0.717, 1.165) is 53.9 Å². The van der Waals surface area contributed by atoms with Crippen molar-refractivity contribution >= 4 is 0 Å². The van der Waals surface area contributed by atoms with Crippen LogP contribution < -0.4 is 5.32 Å². The lowest BCUT2D eigenvalue weighted by Crippen LogP contribution is -2.58. The van der Waals surface area contributed by atoms with Crippen LogP contribution in [0.25, 0.3) is 0 Å². The highest BCUT2D eigenvalue weighted by Crippen LogP contribution is 2.55. The van der Waals surface area contributed by atoms with Crippen LogP contribution in [0.5, 0.6) is 0 Å². The normalized spacial score (nSPS) is 38.1. The molecule has 0 saturated heterocycles. The van der Waals surface area contributed by atoms with Crippen LogP contribution in [0.1, 0.15) is 120 Å². The van der Waals surface area contributed by atoms with E-state index in [-0.39, 0.29) is 0 Å². The molecular formula is C31H59N.